The fourth-order valence-electron chi connectivity index (χ4n) is 1.16. The Morgan fingerprint density at radius 3 is 2.60 bits per heavy atom. The number of rotatable bonds is 3. The van der Waals surface area contributed by atoms with Crippen LogP contribution in [0.3, 0.4) is 0 Å². The van der Waals surface area contributed by atoms with Crippen molar-refractivity contribution in [1.29, 1.82) is 0 Å². The highest BCUT2D eigenvalue weighted by atomic mass is 16.6. The molecule has 0 fully saturated rings. The fraction of sp³-hybridized carbons (Fsp3) is 0.500. The monoisotopic (exact) mass is 213 g/mol. The van der Waals surface area contributed by atoms with E-state index in [1.807, 2.05) is 18.8 Å². The van der Waals surface area contributed by atoms with Gasteiger partial charge in [0, 0.05) is 6.54 Å². The Labute approximate surface area is 84.5 Å². The normalized spacial score (nSPS) is 10.6. The van der Waals surface area contributed by atoms with Crippen LogP contribution in [0.4, 0.5) is 5.69 Å². The lowest BCUT2D eigenvalue weighted by molar-refractivity contribution is -0.386. The van der Waals surface area contributed by atoms with E-state index in [2.05, 4.69) is 0 Å². The zero-order valence-electron chi connectivity index (χ0n) is 8.39. The summed E-state index contributed by atoms with van der Waals surface area (Å²) in [7, 11) is 0. The molecule has 15 heavy (non-hydrogen) atoms. The first-order valence-corrected chi connectivity index (χ1v) is 4.40. The van der Waals surface area contributed by atoms with Crippen LogP contribution < -0.4 is 11.2 Å². The lowest BCUT2D eigenvalue weighted by Gasteiger charge is -2.06. The highest BCUT2D eigenvalue weighted by molar-refractivity contribution is 5.20. The second-order valence-corrected chi connectivity index (χ2v) is 3.58. The van der Waals surface area contributed by atoms with Gasteiger partial charge in [-0.3, -0.25) is 24.5 Å². The van der Waals surface area contributed by atoms with E-state index in [0.717, 1.165) is 10.8 Å². The minimum absolute atomic E-state index is 0.160. The first-order chi connectivity index (χ1) is 6.91. The third kappa shape index (κ3) is 2.52. The summed E-state index contributed by atoms with van der Waals surface area (Å²) in [5, 5.41) is 10.4. The van der Waals surface area contributed by atoms with Crippen molar-refractivity contribution in [2.24, 2.45) is 5.92 Å². The van der Waals surface area contributed by atoms with E-state index in [1.165, 1.54) is 0 Å². The molecule has 0 amide bonds. The van der Waals surface area contributed by atoms with E-state index < -0.39 is 21.9 Å². The van der Waals surface area contributed by atoms with Crippen LogP contribution in [0, 0.1) is 16.0 Å². The van der Waals surface area contributed by atoms with Crippen LogP contribution in [0.15, 0.2) is 15.8 Å². The van der Waals surface area contributed by atoms with E-state index >= 15 is 0 Å². The maximum Gasteiger partial charge on any atom is 0.350 e. The molecule has 0 aromatic carbocycles. The number of nitro groups is 1. The Kier molecular flexibility index (Phi) is 3.03. The number of H-pyrrole nitrogens is 1. The Bertz CT molecular complexity index is 485. The van der Waals surface area contributed by atoms with E-state index in [1.54, 1.807) is 0 Å². The maximum absolute atomic E-state index is 11.2. The Morgan fingerprint density at radius 2 is 2.13 bits per heavy atom. The van der Waals surface area contributed by atoms with Crippen molar-refractivity contribution in [2.75, 3.05) is 0 Å². The van der Waals surface area contributed by atoms with Gasteiger partial charge in [0.15, 0.2) is 0 Å². The number of nitrogens with zero attached hydrogens (tertiary/aromatic N) is 2. The van der Waals surface area contributed by atoms with Crippen LogP contribution in [0.25, 0.3) is 0 Å². The summed E-state index contributed by atoms with van der Waals surface area (Å²) in [6.07, 6.45) is 0.973. The second kappa shape index (κ2) is 4.07. The van der Waals surface area contributed by atoms with E-state index in [0.29, 0.717) is 6.54 Å². The molecule has 0 unspecified atom stereocenters. The van der Waals surface area contributed by atoms with Crippen LogP contribution >= 0.6 is 0 Å². The summed E-state index contributed by atoms with van der Waals surface area (Å²) in [5.41, 5.74) is -2.21. The van der Waals surface area contributed by atoms with Gasteiger partial charge in [0.2, 0.25) is 0 Å². The molecule has 7 nitrogen and oxygen atoms in total. The third-order valence-electron chi connectivity index (χ3n) is 1.75. The standard InChI is InChI=1S/C8H11N3O4/c1-5(2)3-10-4-6(11(14)15)7(12)9-8(10)13/h4-5H,3H2,1-2H3,(H,9,12,13). The van der Waals surface area contributed by atoms with Gasteiger partial charge in [-0.05, 0) is 5.92 Å². The molecule has 1 aromatic rings. The van der Waals surface area contributed by atoms with Gasteiger partial charge in [-0.1, -0.05) is 13.8 Å². The largest absolute Gasteiger partial charge is 0.350 e. The number of hydrogen-bond acceptors (Lipinski definition) is 4. The van der Waals surface area contributed by atoms with E-state index in [-0.39, 0.29) is 5.92 Å². The SMILES string of the molecule is CC(C)Cn1cc([N+](=O)[O-])c(=O)[nH]c1=O. The number of aromatic nitrogens is 2. The molecule has 0 radical (unpaired) electrons. The fourth-order valence-corrected chi connectivity index (χ4v) is 1.16. The lowest BCUT2D eigenvalue weighted by atomic mass is 10.2. The van der Waals surface area contributed by atoms with Crippen LogP contribution in [-0.4, -0.2) is 14.5 Å². The zero-order chi connectivity index (χ0) is 11.6. The molecule has 0 saturated heterocycles. The minimum Gasteiger partial charge on any atom is -0.293 e. The molecule has 0 atom stereocenters. The van der Waals surface area contributed by atoms with Crippen LogP contribution in [0.2, 0.25) is 0 Å². The summed E-state index contributed by atoms with van der Waals surface area (Å²) < 4.78 is 1.13. The molecule has 0 aliphatic carbocycles. The predicted octanol–water partition coefficient (Wildman–Crippen LogP) is 0.101. The van der Waals surface area contributed by atoms with Crippen molar-refractivity contribution in [3.8, 4) is 0 Å². The van der Waals surface area contributed by atoms with Crippen molar-refractivity contribution in [3.05, 3.63) is 37.1 Å². The Morgan fingerprint density at radius 1 is 1.53 bits per heavy atom. The molecule has 0 bridgehead atoms. The molecule has 1 rings (SSSR count). The summed E-state index contributed by atoms with van der Waals surface area (Å²) in [5.74, 6) is 0.160. The van der Waals surface area contributed by atoms with Crippen molar-refractivity contribution in [1.82, 2.24) is 9.55 Å². The molecule has 0 spiro atoms. The molecule has 1 aromatic heterocycles. The van der Waals surface area contributed by atoms with Crippen molar-refractivity contribution in [2.45, 2.75) is 20.4 Å². The lowest BCUT2D eigenvalue weighted by Crippen LogP contribution is -2.31. The molecule has 82 valence electrons. The van der Waals surface area contributed by atoms with Gasteiger partial charge in [0.05, 0.1) is 11.1 Å². The number of hydrogen-bond donors (Lipinski definition) is 1. The van der Waals surface area contributed by atoms with Crippen molar-refractivity contribution in [3.63, 3.8) is 0 Å². The van der Waals surface area contributed by atoms with Gasteiger partial charge in [-0.2, -0.15) is 0 Å². The van der Waals surface area contributed by atoms with Gasteiger partial charge < -0.3 is 0 Å². The highest BCUT2D eigenvalue weighted by Gasteiger charge is 2.14. The highest BCUT2D eigenvalue weighted by Crippen LogP contribution is 2.01. The summed E-state index contributed by atoms with van der Waals surface area (Å²) in [6, 6.07) is 0. The third-order valence-corrected chi connectivity index (χ3v) is 1.75. The van der Waals surface area contributed by atoms with Crippen molar-refractivity contribution >= 4 is 5.69 Å². The summed E-state index contributed by atoms with van der Waals surface area (Å²) >= 11 is 0. The topological polar surface area (TPSA) is 98.0 Å². The first kappa shape index (κ1) is 11.2. The summed E-state index contributed by atoms with van der Waals surface area (Å²) in [6.45, 7) is 4.06. The molecule has 0 aliphatic rings. The Balaban J connectivity index is 3.30. The summed E-state index contributed by atoms with van der Waals surface area (Å²) in [4.78, 5) is 33.8. The molecule has 1 N–H and O–H groups in total. The second-order valence-electron chi connectivity index (χ2n) is 3.58. The molecular formula is C8H11N3O4. The maximum atomic E-state index is 11.2. The number of nitrogens with one attached hydrogen (secondary N) is 1. The number of aromatic amines is 1. The molecular weight excluding hydrogens is 202 g/mol. The minimum atomic E-state index is -0.968. The smallest absolute Gasteiger partial charge is 0.293 e. The van der Waals surface area contributed by atoms with E-state index in [4.69, 9.17) is 0 Å². The predicted molar refractivity (Wildman–Crippen MR) is 52.8 cm³/mol. The zero-order valence-corrected chi connectivity index (χ0v) is 8.39. The molecule has 7 heteroatoms. The van der Waals surface area contributed by atoms with Crippen molar-refractivity contribution < 1.29 is 4.92 Å². The van der Waals surface area contributed by atoms with Gasteiger partial charge >= 0.3 is 16.9 Å². The van der Waals surface area contributed by atoms with Gasteiger partial charge in [-0.15, -0.1) is 0 Å². The van der Waals surface area contributed by atoms with Gasteiger partial charge in [-0.25, -0.2) is 4.79 Å². The first-order valence-electron chi connectivity index (χ1n) is 4.40. The van der Waals surface area contributed by atoms with Crippen LogP contribution in [0.1, 0.15) is 13.8 Å². The van der Waals surface area contributed by atoms with Gasteiger partial charge in [0.25, 0.3) is 0 Å². The van der Waals surface area contributed by atoms with Crippen LogP contribution in [-0.2, 0) is 6.54 Å². The van der Waals surface area contributed by atoms with Crippen LogP contribution in [0.5, 0.6) is 0 Å². The molecule has 1 heterocycles. The quantitative estimate of drug-likeness (QED) is 0.568. The molecule has 0 saturated carbocycles. The average molecular weight is 213 g/mol. The Hall–Kier alpha value is -1.92. The van der Waals surface area contributed by atoms with E-state index in [9.17, 15) is 19.7 Å². The molecule has 0 aliphatic heterocycles. The average Bonchev–Trinajstić information content (AvgIpc) is 2.08. The van der Waals surface area contributed by atoms with Gasteiger partial charge in [0.1, 0.15) is 0 Å².